The zero-order valence-electron chi connectivity index (χ0n) is 21.5. The molecule has 3 atom stereocenters. The highest BCUT2D eigenvalue weighted by molar-refractivity contribution is 6.03. The molecule has 1 heterocycles. The van der Waals surface area contributed by atoms with E-state index in [4.69, 9.17) is 9.47 Å². The highest BCUT2D eigenvalue weighted by Crippen LogP contribution is 2.47. The lowest BCUT2D eigenvalue weighted by atomic mass is 9.70. The standard InChI is InChI=1S/C28H36N2O5/c1-7-18-28(8-2)24(32)30(26(33)29-19(3)20-12-10-9-11-13-20)25(28)34-22-16-14-21(15-17-22)23(31)35-27(4,5)6/h9-17,19,25H,7-8,18H2,1-6H3,(H,29,33)/t19-,25+,28-/m1/s1. The normalized spacial score (nSPS) is 20.6. The summed E-state index contributed by atoms with van der Waals surface area (Å²) >= 11 is 0. The van der Waals surface area contributed by atoms with Gasteiger partial charge in [-0.15, -0.1) is 0 Å². The molecule has 7 heteroatoms. The maximum atomic E-state index is 13.3. The first kappa shape index (κ1) is 26.3. The van der Waals surface area contributed by atoms with Gasteiger partial charge < -0.3 is 14.8 Å². The van der Waals surface area contributed by atoms with Crippen LogP contribution in [0.1, 0.15) is 82.8 Å². The van der Waals surface area contributed by atoms with Crippen molar-refractivity contribution in [1.29, 1.82) is 0 Å². The van der Waals surface area contributed by atoms with E-state index in [0.29, 0.717) is 24.2 Å². The lowest BCUT2D eigenvalue weighted by molar-refractivity contribution is -0.191. The maximum Gasteiger partial charge on any atom is 0.338 e. The topological polar surface area (TPSA) is 84.9 Å². The second-order valence-corrected chi connectivity index (χ2v) is 10.0. The Balaban J connectivity index is 1.79. The highest BCUT2D eigenvalue weighted by Gasteiger charge is 2.63. The molecule has 0 spiro atoms. The van der Waals surface area contributed by atoms with Crippen molar-refractivity contribution in [2.24, 2.45) is 5.41 Å². The molecule has 0 radical (unpaired) electrons. The quantitative estimate of drug-likeness (QED) is 0.378. The van der Waals surface area contributed by atoms with E-state index in [1.807, 2.05) is 71.9 Å². The van der Waals surface area contributed by atoms with Crippen molar-refractivity contribution in [3.05, 3.63) is 65.7 Å². The van der Waals surface area contributed by atoms with Gasteiger partial charge in [-0.2, -0.15) is 0 Å². The molecule has 1 aliphatic heterocycles. The van der Waals surface area contributed by atoms with Crippen LogP contribution in [-0.4, -0.2) is 34.6 Å². The predicted molar refractivity (Wildman–Crippen MR) is 134 cm³/mol. The summed E-state index contributed by atoms with van der Waals surface area (Å²) in [6.07, 6.45) is 1.21. The van der Waals surface area contributed by atoms with Crippen LogP contribution in [0.5, 0.6) is 5.75 Å². The molecule has 1 fully saturated rings. The van der Waals surface area contributed by atoms with E-state index in [1.54, 1.807) is 24.3 Å². The van der Waals surface area contributed by atoms with Crippen molar-refractivity contribution >= 4 is 17.9 Å². The molecule has 1 N–H and O–H groups in total. The summed E-state index contributed by atoms with van der Waals surface area (Å²) in [4.78, 5) is 39.9. The zero-order chi connectivity index (χ0) is 25.8. The van der Waals surface area contributed by atoms with E-state index in [2.05, 4.69) is 5.32 Å². The molecule has 2 aromatic rings. The van der Waals surface area contributed by atoms with Crippen molar-refractivity contribution in [2.45, 2.75) is 78.7 Å². The van der Waals surface area contributed by atoms with Gasteiger partial charge in [0, 0.05) is 0 Å². The number of rotatable bonds is 8. The number of likely N-dealkylation sites (tertiary alicyclic amines) is 1. The summed E-state index contributed by atoms with van der Waals surface area (Å²) in [5, 5.41) is 2.92. The van der Waals surface area contributed by atoms with Crippen molar-refractivity contribution in [3.8, 4) is 5.75 Å². The minimum atomic E-state index is -0.772. The monoisotopic (exact) mass is 480 g/mol. The number of β-lactam (4-membered cyclic amide) rings is 1. The summed E-state index contributed by atoms with van der Waals surface area (Å²) in [6, 6.07) is 15.4. The summed E-state index contributed by atoms with van der Waals surface area (Å²) in [7, 11) is 0. The summed E-state index contributed by atoms with van der Waals surface area (Å²) in [5.74, 6) is -0.180. The van der Waals surface area contributed by atoms with E-state index in [0.717, 1.165) is 12.0 Å². The predicted octanol–water partition coefficient (Wildman–Crippen LogP) is 5.86. The SMILES string of the molecule is CCC[C@]1(CC)C(=O)N(C(=O)N[C@H](C)c2ccccc2)[C@H]1Oc1ccc(C(=O)OC(C)(C)C)cc1. The van der Waals surface area contributed by atoms with Gasteiger partial charge in [0.1, 0.15) is 16.8 Å². The smallest absolute Gasteiger partial charge is 0.338 e. The molecule has 0 aliphatic carbocycles. The molecule has 0 bridgehead atoms. The third kappa shape index (κ3) is 5.66. The van der Waals surface area contributed by atoms with Crippen LogP contribution in [0.2, 0.25) is 0 Å². The molecule has 3 amide bonds. The lowest BCUT2D eigenvalue weighted by Gasteiger charge is -2.53. The fraction of sp³-hybridized carbons (Fsp3) is 0.464. The molecular formula is C28H36N2O5. The van der Waals surface area contributed by atoms with E-state index < -0.39 is 29.2 Å². The molecule has 1 saturated heterocycles. The number of urea groups is 1. The third-order valence-electron chi connectivity index (χ3n) is 6.27. The minimum absolute atomic E-state index is 0.227. The van der Waals surface area contributed by atoms with Crippen LogP contribution in [0.3, 0.4) is 0 Å². The Labute approximate surface area is 207 Å². The van der Waals surface area contributed by atoms with Gasteiger partial charge in [-0.1, -0.05) is 50.6 Å². The zero-order valence-corrected chi connectivity index (χ0v) is 21.5. The third-order valence-corrected chi connectivity index (χ3v) is 6.27. The molecule has 1 aliphatic rings. The summed E-state index contributed by atoms with van der Waals surface area (Å²) in [6.45, 7) is 11.3. The van der Waals surface area contributed by atoms with E-state index in [-0.39, 0.29) is 11.9 Å². The average Bonchev–Trinajstić information content (AvgIpc) is 2.82. The Kier molecular flexibility index (Phi) is 7.88. The number of ether oxygens (including phenoxy) is 2. The number of benzene rings is 2. The number of nitrogens with zero attached hydrogens (tertiary/aromatic N) is 1. The van der Waals surface area contributed by atoms with Crippen LogP contribution in [-0.2, 0) is 9.53 Å². The number of carbonyl (C=O) groups excluding carboxylic acids is 3. The first-order chi connectivity index (χ1) is 16.5. The fourth-order valence-electron chi connectivity index (χ4n) is 4.39. The number of hydrogen-bond donors (Lipinski definition) is 1. The van der Waals surface area contributed by atoms with Gasteiger partial charge in [0.15, 0.2) is 6.23 Å². The molecule has 2 aromatic carbocycles. The van der Waals surface area contributed by atoms with Crippen LogP contribution in [0.4, 0.5) is 4.79 Å². The van der Waals surface area contributed by atoms with Gasteiger partial charge in [0.05, 0.1) is 11.6 Å². The summed E-state index contributed by atoms with van der Waals surface area (Å²) < 4.78 is 11.6. The van der Waals surface area contributed by atoms with Gasteiger partial charge in [0.2, 0.25) is 5.91 Å². The van der Waals surface area contributed by atoms with Crippen LogP contribution < -0.4 is 10.1 Å². The van der Waals surface area contributed by atoms with Gasteiger partial charge in [-0.3, -0.25) is 4.79 Å². The first-order valence-corrected chi connectivity index (χ1v) is 12.2. The number of nitrogens with one attached hydrogen (secondary N) is 1. The maximum absolute atomic E-state index is 13.3. The Bertz CT molecular complexity index is 1050. The molecular weight excluding hydrogens is 444 g/mol. The highest BCUT2D eigenvalue weighted by atomic mass is 16.6. The van der Waals surface area contributed by atoms with Crippen LogP contribution in [0, 0.1) is 5.41 Å². The Morgan fingerprint density at radius 2 is 1.69 bits per heavy atom. The number of carbonyl (C=O) groups is 3. The lowest BCUT2D eigenvalue weighted by Crippen LogP contribution is -2.73. The van der Waals surface area contributed by atoms with Crippen LogP contribution >= 0.6 is 0 Å². The van der Waals surface area contributed by atoms with Crippen molar-refractivity contribution < 1.29 is 23.9 Å². The van der Waals surface area contributed by atoms with E-state index in [9.17, 15) is 14.4 Å². The Morgan fingerprint density at radius 1 is 1.06 bits per heavy atom. The fourth-order valence-corrected chi connectivity index (χ4v) is 4.39. The molecule has 0 unspecified atom stereocenters. The average molecular weight is 481 g/mol. The number of hydrogen-bond acceptors (Lipinski definition) is 5. The van der Waals surface area contributed by atoms with E-state index >= 15 is 0 Å². The number of esters is 1. The molecule has 188 valence electrons. The van der Waals surface area contributed by atoms with Crippen molar-refractivity contribution in [3.63, 3.8) is 0 Å². The van der Waals surface area contributed by atoms with Gasteiger partial charge in [-0.05, 0) is 70.4 Å². The van der Waals surface area contributed by atoms with Gasteiger partial charge in [-0.25, -0.2) is 14.5 Å². The number of imide groups is 1. The van der Waals surface area contributed by atoms with Crippen LogP contribution in [0.15, 0.2) is 54.6 Å². The first-order valence-electron chi connectivity index (χ1n) is 12.2. The molecule has 0 aromatic heterocycles. The molecule has 0 saturated carbocycles. The Hall–Kier alpha value is -3.35. The number of amides is 3. The van der Waals surface area contributed by atoms with Crippen LogP contribution in [0.25, 0.3) is 0 Å². The molecule has 3 rings (SSSR count). The Morgan fingerprint density at radius 3 is 2.23 bits per heavy atom. The van der Waals surface area contributed by atoms with Gasteiger partial charge >= 0.3 is 12.0 Å². The second kappa shape index (κ2) is 10.5. The van der Waals surface area contributed by atoms with Crippen molar-refractivity contribution in [1.82, 2.24) is 10.2 Å². The van der Waals surface area contributed by atoms with Gasteiger partial charge in [0.25, 0.3) is 0 Å². The van der Waals surface area contributed by atoms with E-state index in [1.165, 1.54) is 4.90 Å². The van der Waals surface area contributed by atoms with Crippen molar-refractivity contribution in [2.75, 3.05) is 0 Å². The molecule has 35 heavy (non-hydrogen) atoms. The molecule has 7 nitrogen and oxygen atoms in total. The second-order valence-electron chi connectivity index (χ2n) is 10.0. The summed E-state index contributed by atoms with van der Waals surface area (Å²) in [5.41, 5.74) is -0.0197. The minimum Gasteiger partial charge on any atom is -0.469 e. The largest absolute Gasteiger partial charge is 0.469 e.